The smallest absolute Gasteiger partial charge is 0.151 e. The number of carbonyl (C=O) groups is 1. The molecule has 0 heterocycles. The molecule has 0 aliphatic heterocycles. The molecule has 1 aliphatic carbocycles. The van der Waals surface area contributed by atoms with E-state index in [0.29, 0.717) is 10.6 Å². The first-order valence-electron chi connectivity index (χ1n) is 2.78. The Morgan fingerprint density at radius 1 is 1.40 bits per heavy atom. The number of halogens is 1. The topological polar surface area (TPSA) is 17.1 Å². The lowest BCUT2D eigenvalue weighted by Gasteiger charge is -1.90. The molecule has 0 spiro atoms. The Hall–Kier alpha value is -1.04. The first-order chi connectivity index (χ1) is 4.84. The Bertz CT molecular complexity index is 265. The fraction of sp³-hybridized carbons (Fsp3) is 0. The van der Waals surface area contributed by atoms with Gasteiger partial charge in [0.15, 0.2) is 6.29 Å². The van der Waals surface area contributed by atoms with Gasteiger partial charge in [0, 0.05) is 5.57 Å². The highest BCUT2D eigenvalue weighted by molar-refractivity contribution is 6.34. The third-order valence-electron chi connectivity index (χ3n) is 1.09. The lowest BCUT2D eigenvalue weighted by Crippen LogP contribution is -1.81. The Labute approximate surface area is 64.0 Å². The molecular formula is C8H5ClO. The average Bonchev–Trinajstić information content (AvgIpc) is 2.13. The molecule has 1 aliphatic rings. The van der Waals surface area contributed by atoms with Crippen molar-refractivity contribution in [3.8, 4) is 0 Å². The Balaban J connectivity index is 3.04. The zero-order chi connectivity index (χ0) is 7.40. The highest BCUT2D eigenvalue weighted by atomic mass is 35.5. The molecule has 0 aromatic rings. The Kier molecular flexibility index (Phi) is 2.27. The second-order valence-electron chi connectivity index (χ2n) is 1.75. The van der Waals surface area contributed by atoms with Crippen LogP contribution in [0.4, 0.5) is 0 Å². The summed E-state index contributed by atoms with van der Waals surface area (Å²) in [5.74, 6) is 0. The molecule has 0 fully saturated rings. The summed E-state index contributed by atoms with van der Waals surface area (Å²) in [5, 5.41) is 0.455. The van der Waals surface area contributed by atoms with Crippen molar-refractivity contribution in [1.29, 1.82) is 0 Å². The summed E-state index contributed by atoms with van der Waals surface area (Å²) in [4.78, 5) is 10.3. The van der Waals surface area contributed by atoms with E-state index in [1.54, 1.807) is 24.3 Å². The summed E-state index contributed by atoms with van der Waals surface area (Å²) < 4.78 is 0. The summed E-state index contributed by atoms with van der Waals surface area (Å²) in [6, 6.07) is 0. The molecule has 10 heavy (non-hydrogen) atoms. The molecule has 0 amide bonds. The molecule has 1 rings (SSSR count). The van der Waals surface area contributed by atoms with Crippen molar-refractivity contribution in [2.45, 2.75) is 0 Å². The van der Waals surface area contributed by atoms with Crippen molar-refractivity contribution in [3.63, 3.8) is 0 Å². The molecule has 1 nitrogen and oxygen atoms in total. The second kappa shape index (κ2) is 3.21. The van der Waals surface area contributed by atoms with Crippen LogP contribution in [0.5, 0.6) is 0 Å². The van der Waals surface area contributed by atoms with Crippen LogP contribution in [0, 0.1) is 0 Å². The van der Waals surface area contributed by atoms with Crippen LogP contribution in [-0.4, -0.2) is 6.29 Å². The predicted octanol–water partition coefficient (Wildman–Crippen LogP) is 1.96. The van der Waals surface area contributed by atoms with Crippen molar-refractivity contribution >= 4 is 17.9 Å². The van der Waals surface area contributed by atoms with E-state index in [0.717, 1.165) is 6.29 Å². The fourth-order valence-electron chi connectivity index (χ4n) is 0.586. The van der Waals surface area contributed by atoms with Crippen LogP contribution in [0.15, 0.2) is 40.6 Å². The van der Waals surface area contributed by atoms with Crippen molar-refractivity contribution in [3.05, 3.63) is 40.6 Å². The standard InChI is InChI=1S/C8H5ClO/c9-8-5-3-1-2-4-7(8)6-10/h2-6H. The van der Waals surface area contributed by atoms with Crippen LogP contribution in [0.2, 0.25) is 0 Å². The normalized spacial score (nSPS) is 15.7. The maximum absolute atomic E-state index is 10.3. The number of allylic oxidation sites excluding steroid dienone is 5. The van der Waals surface area contributed by atoms with E-state index in [4.69, 9.17) is 11.6 Å². The molecule has 0 N–H and O–H groups in total. The van der Waals surface area contributed by atoms with Crippen molar-refractivity contribution in [2.24, 2.45) is 0 Å². The molecule has 0 saturated carbocycles. The third-order valence-corrected chi connectivity index (χ3v) is 1.43. The van der Waals surface area contributed by atoms with E-state index in [1.807, 2.05) is 0 Å². The lowest BCUT2D eigenvalue weighted by atomic mass is 10.2. The van der Waals surface area contributed by atoms with Gasteiger partial charge in [0.2, 0.25) is 0 Å². The van der Waals surface area contributed by atoms with Gasteiger partial charge in [0.05, 0.1) is 5.03 Å². The van der Waals surface area contributed by atoms with E-state index in [-0.39, 0.29) is 0 Å². The molecular weight excluding hydrogens is 148 g/mol. The van der Waals surface area contributed by atoms with Gasteiger partial charge in [0.1, 0.15) is 0 Å². The molecule has 0 aromatic carbocycles. The van der Waals surface area contributed by atoms with Crippen molar-refractivity contribution in [2.75, 3.05) is 0 Å². The van der Waals surface area contributed by atoms with Gasteiger partial charge in [-0.05, 0) is 24.3 Å². The van der Waals surface area contributed by atoms with E-state index in [2.05, 4.69) is 5.73 Å². The summed E-state index contributed by atoms with van der Waals surface area (Å²) in [6.45, 7) is 0. The zero-order valence-corrected chi connectivity index (χ0v) is 5.93. The molecule has 2 heteroatoms. The van der Waals surface area contributed by atoms with Gasteiger partial charge >= 0.3 is 0 Å². The van der Waals surface area contributed by atoms with Crippen LogP contribution < -0.4 is 0 Å². The van der Waals surface area contributed by atoms with Crippen LogP contribution in [0.1, 0.15) is 0 Å². The van der Waals surface area contributed by atoms with E-state index in [1.165, 1.54) is 0 Å². The maximum atomic E-state index is 10.3. The number of aldehydes is 1. The SMILES string of the molecule is O=CC1=CC=C=CC=C1Cl. The van der Waals surface area contributed by atoms with Gasteiger partial charge in [0.25, 0.3) is 0 Å². The van der Waals surface area contributed by atoms with E-state index >= 15 is 0 Å². The van der Waals surface area contributed by atoms with Crippen LogP contribution in [-0.2, 0) is 4.79 Å². The quantitative estimate of drug-likeness (QED) is 0.415. The number of hydrogen-bond donors (Lipinski definition) is 0. The monoisotopic (exact) mass is 152 g/mol. The van der Waals surface area contributed by atoms with Crippen LogP contribution >= 0.6 is 11.6 Å². The first-order valence-corrected chi connectivity index (χ1v) is 3.16. The van der Waals surface area contributed by atoms with E-state index < -0.39 is 0 Å². The predicted molar refractivity (Wildman–Crippen MR) is 40.7 cm³/mol. The molecule has 0 atom stereocenters. The van der Waals surface area contributed by atoms with Gasteiger partial charge in [-0.3, -0.25) is 4.79 Å². The summed E-state index contributed by atoms with van der Waals surface area (Å²) >= 11 is 5.66. The third kappa shape index (κ3) is 1.47. The molecule has 0 unspecified atom stereocenters. The summed E-state index contributed by atoms with van der Waals surface area (Å²) in [7, 11) is 0. The Morgan fingerprint density at radius 3 is 2.80 bits per heavy atom. The summed E-state index contributed by atoms with van der Waals surface area (Å²) in [6.07, 6.45) is 7.28. The van der Waals surface area contributed by atoms with E-state index in [9.17, 15) is 4.79 Å². The maximum Gasteiger partial charge on any atom is 0.151 e. The van der Waals surface area contributed by atoms with Gasteiger partial charge in [-0.15, -0.1) is 5.73 Å². The number of rotatable bonds is 1. The van der Waals surface area contributed by atoms with Gasteiger partial charge in [-0.1, -0.05) is 11.6 Å². The van der Waals surface area contributed by atoms with Gasteiger partial charge < -0.3 is 0 Å². The van der Waals surface area contributed by atoms with Crippen LogP contribution in [0.3, 0.4) is 0 Å². The first kappa shape index (κ1) is 7.07. The number of carbonyl (C=O) groups excluding carboxylic acids is 1. The second-order valence-corrected chi connectivity index (χ2v) is 2.16. The molecule has 0 radical (unpaired) electrons. The van der Waals surface area contributed by atoms with Crippen molar-refractivity contribution in [1.82, 2.24) is 0 Å². The molecule has 0 saturated heterocycles. The lowest BCUT2D eigenvalue weighted by molar-refractivity contribution is -0.104. The highest BCUT2D eigenvalue weighted by Gasteiger charge is 1.98. The largest absolute Gasteiger partial charge is 0.298 e. The Morgan fingerprint density at radius 2 is 2.10 bits per heavy atom. The average molecular weight is 153 g/mol. The summed E-state index contributed by atoms with van der Waals surface area (Å²) in [5.41, 5.74) is 3.28. The van der Waals surface area contributed by atoms with Gasteiger partial charge in [-0.2, -0.15) is 0 Å². The molecule has 0 bridgehead atoms. The minimum Gasteiger partial charge on any atom is -0.298 e. The minimum atomic E-state index is 0.455. The molecule has 0 aromatic heterocycles. The number of hydrogen-bond acceptors (Lipinski definition) is 1. The zero-order valence-electron chi connectivity index (χ0n) is 5.17. The molecule has 50 valence electrons. The minimum absolute atomic E-state index is 0.455. The van der Waals surface area contributed by atoms with Crippen molar-refractivity contribution < 1.29 is 4.79 Å². The van der Waals surface area contributed by atoms with Crippen LogP contribution in [0.25, 0.3) is 0 Å². The highest BCUT2D eigenvalue weighted by Crippen LogP contribution is 2.13. The van der Waals surface area contributed by atoms with Gasteiger partial charge in [-0.25, -0.2) is 0 Å². The fourth-order valence-corrected chi connectivity index (χ4v) is 0.757.